The van der Waals surface area contributed by atoms with E-state index in [0.717, 1.165) is 11.2 Å². The molecule has 0 saturated carbocycles. The number of carbonyl (C=O) groups is 2. The largest absolute Gasteiger partial charge is 0.494 e. The minimum absolute atomic E-state index is 0.178. The van der Waals surface area contributed by atoms with Crippen LogP contribution in [0.25, 0.3) is 16.6 Å². The van der Waals surface area contributed by atoms with Gasteiger partial charge in [-0.1, -0.05) is 11.6 Å². The average Bonchev–Trinajstić information content (AvgIpc) is 3.08. The fourth-order valence-electron chi connectivity index (χ4n) is 3.18. The maximum atomic E-state index is 12.7. The number of anilines is 2. The monoisotopic (exact) mass is 538 g/mol. The first-order chi connectivity index (χ1) is 16.7. The van der Waals surface area contributed by atoms with E-state index >= 15 is 0 Å². The van der Waals surface area contributed by atoms with Crippen LogP contribution in [0, 0.1) is 0 Å². The number of ether oxygens (including phenoxy) is 2. The van der Waals surface area contributed by atoms with E-state index in [9.17, 15) is 18.0 Å². The molecule has 3 rings (SSSR count). The quantitative estimate of drug-likeness (QED) is 0.436. The van der Waals surface area contributed by atoms with Crippen LogP contribution in [-0.4, -0.2) is 72.6 Å². The second-order valence-electron chi connectivity index (χ2n) is 8.93. The zero-order valence-corrected chi connectivity index (χ0v) is 22.2. The van der Waals surface area contributed by atoms with Crippen molar-refractivity contribution >= 4 is 56.0 Å². The lowest BCUT2D eigenvalue weighted by atomic mass is 10.2. The van der Waals surface area contributed by atoms with Gasteiger partial charge in [0, 0.05) is 25.4 Å². The first-order valence-corrected chi connectivity index (χ1v) is 12.9. The van der Waals surface area contributed by atoms with E-state index < -0.39 is 27.6 Å². The molecule has 0 aliphatic heterocycles. The minimum Gasteiger partial charge on any atom is -0.494 e. The van der Waals surface area contributed by atoms with Gasteiger partial charge < -0.3 is 19.7 Å². The third kappa shape index (κ3) is 6.76. The number of rotatable bonds is 7. The molecule has 0 bridgehead atoms. The lowest BCUT2D eigenvalue weighted by molar-refractivity contribution is -0.117. The van der Waals surface area contributed by atoms with E-state index in [4.69, 9.17) is 21.1 Å². The molecule has 0 spiro atoms. The zero-order valence-electron chi connectivity index (χ0n) is 20.6. The van der Waals surface area contributed by atoms with Crippen LogP contribution < -0.4 is 14.8 Å². The molecule has 36 heavy (non-hydrogen) atoms. The third-order valence-corrected chi connectivity index (χ3v) is 5.40. The van der Waals surface area contributed by atoms with Crippen molar-refractivity contribution in [3.05, 3.63) is 35.6 Å². The number of fused-ring (bicyclic) bond motifs is 1. The molecule has 2 aromatic heterocycles. The van der Waals surface area contributed by atoms with Gasteiger partial charge in [-0.2, -0.15) is 0 Å². The summed E-state index contributed by atoms with van der Waals surface area (Å²) in [5.41, 5.74) is 0.559. The van der Waals surface area contributed by atoms with Crippen molar-refractivity contribution in [1.82, 2.24) is 19.7 Å². The summed E-state index contributed by atoms with van der Waals surface area (Å²) in [5, 5.41) is 7.86. The fraction of sp³-hybridized carbons (Fsp3) is 0.364. The molecule has 2 N–H and O–H groups in total. The van der Waals surface area contributed by atoms with E-state index in [1.807, 2.05) is 0 Å². The van der Waals surface area contributed by atoms with Gasteiger partial charge in [-0.3, -0.25) is 9.52 Å². The molecule has 2 heterocycles. The highest BCUT2D eigenvalue weighted by molar-refractivity contribution is 7.92. The highest BCUT2D eigenvalue weighted by Crippen LogP contribution is 2.32. The van der Waals surface area contributed by atoms with Gasteiger partial charge >= 0.3 is 6.09 Å². The zero-order chi connectivity index (χ0) is 26.8. The molecule has 194 valence electrons. The topological polar surface area (TPSA) is 145 Å². The number of amides is 2. The number of carbonyl (C=O) groups excluding carboxylic acids is 2. The van der Waals surface area contributed by atoms with Crippen LogP contribution in [0.5, 0.6) is 5.75 Å². The second kappa shape index (κ2) is 10.2. The van der Waals surface area contributed by atoms with Crippen molar-refractivity contribution in [1.29, 1.82) is 0 Å². The molecule has 0 unspecified atom stereocenters. The minimum atomic E-state index is -3.49. The van der Waals surface area contributed by atoms with Crippen LogP contribution in [-0.2, 0) is 19.6 Å². The molecular weight excluding hydrogens is 512 g/mol. The van der Waals surface area contributed by atoms with Gasteiger partial charge in [-0.15, -0.1) is 5.10 Å². The number of benzene rings is 1. The predicted molar refractivity (Wildman–Crippen MR) is 136 cm³/mol. The summed E-state index contributed by atoms with van der Waals surface area (Å²) in [6.45, 7) is 4.91. The molecule has 2 amide bonds. The Morgan fingerprint density at radius 3 is 2.53 bits per heavy atom. The molecule has 0 aliphatic rings. The van der Waals surface area contributed by atoms with Crippen LogP contribution in [0.15, 0.2) is 30.5 Å². The molecule has 0 atom stereocenters. The maximum absolute atomic E-state index is 12.7. The number of pyridine rings is 1. The van der Waals surface area contributed by atoms with Crippen molar-refractivity contribution in [3.8, 4) is 11.4 Å². The number of hydrogen-bond donors (Lipinski definition) is 2. The number of nitrogens with zero attached hydrogens (tertiary/aromatic N) is 4. The summed E-state index contributed by atoms with van der Waals surface area (Å²) < 4.78 is 37.8. The molecule has 3 aromatic rings. The molecule has 0 radical (unpaired) electrons. The number of likely N-dealkylation sites (N-methyl/N-ethyl adjacent to an activating group) is 1. The van der Waals surface area contributed by atoms with E-state index in [2.05, 4.69) is 20.1 Å². The maximum Gasteiger partial charge on any atom is 0.410 e. The highest BCUT2D eigenvalue weighted by Gasteiger charge is 2.23. The Morgan fingerprint density at radius 2 is 1.92 bits per heavy atom. The second-order valence-corrected chi connectivity index (χ2v) is 11.1. The average molecular weight is 539 g/mol. The Bertz CT molecular complexity index is 1420. The van der Waals surface area contributed by atoms with Gasteiger partial charge in [0.25, 0.3) is 0 Å². The van der Waals surface area contributed by atoms with Crippen molar-refractivity contribution in [3.63, 3.8) is 0 Å². The number of nitrogens with one attached hydrogen (secondary N) is 2. The van der Waals surface area contributed by atoms with Gasteiger partial charge in [-0.25, -0.2) is 22.9 Å². The van der Waals surface area contributed by atoms with Crippen molar-refractivity contribution in [2.75, 3.05) is 37.0 Å². The lowest BCUT2D eigenvalue weighted by Gasteiger charge is -2.24. The first-order valence-electron chi connectivity index (χ1n) is 10.6. The number of halogens is 1. The molecule has 14 heteroatoms. The normalized spacial score (nSPS) is 11.8. The van der Waals surface area contributed by atoms with Crippen molar-refractivity contribution in [2.24, 2.45) is 0 Å². The standard InChI is InChI=1S/C22H27ClN6O6S/c1-22(2,3)35-21(31)28(4)12-19(30)25-20-14-11-24-18(23)10-16(14)29(26-20)15-8-7-13(9-17(15)34-5)27-36(6,32)33/h7-11,27H,12H2,1-6H3,(H,25,26,30). The molecule has 0 saturated heterocycles. The Hall–Kier alpha value is -3.58. The fourth-order valence-corrected chi connectivity index (χ4v) is 3.89. The molecule has 1 aromatic carbocycles. The Kier molecular flexibility index (Phi) is 7.65. The van der Waals surface area contributed by atoms with Gasteiger partial charge in [0.2, 0.25) is 15.9 Å². The van der Waals surface area contributed by atoms with E-state index in [-0.39, 0.29) is 17.5 Å². The van der Waals surface area contributed by atoms with Crippen molar-refractivity contribution < 1.29 is 27.5 Å². The Labute approximate surface area is 213 Å². The molecular formula is C22H27ClN6O6S. The Morgan fingerprint density at radius 1 is 1.22 bits per heavy atom. The lowest BCUT2D eigenvalue weighted by Crippen LogP contribution is -2.38. The smallest absolute Gasteiger partial charge is 0.410 e. The summed E-state index contributed by atoms with van der Waals surface area (Å²) in [6.07, 6.45) is 1.85. The van der Waals surface area contributed by atoms with Crippen LogP contribution >= 0.6 is 11.6 Å². The summed E-state index contributed by atoms with van der Waals surface area (Å²) in [7, 11) is -0.618. The molecule has 0 aliphatic carbocycles. The third-order valence-electron chi connectivity index (χ3n) is 4.59. The summed E-state index contributed by atoms with van der Waals surface area (Å²) >= 11 is 6.12. The van der Waals surface area contributed by atoms with Crippen molar-refractivity contribution in [2.45, 2.75) is 26.4 Å². The van der Waals surface area contributed by atoms with E-state index in [1.54, 1.807) is 39.0 Å². The predicted octanol–water partition coefficient (Wildman–Crippen LogP) is 3.26. The number of methoxy groups -OCH3 is 1. The number of sulfonamides is 1. The molecule has 0 fully saturated rings. The van der Waals surface area contributed by atoms with Gasteiger partial charge in [0.15, 0.2) is 5.82 Å². The highest BCUT2D eigenvalue weighted by atomic mass is 35.5. The van der Waals surface area contributed by atoms with Crippen LogP contribution in [0.1, 0.15) is 20.8 Å². The van der Waals surface area contributed by atoms with Crippen LogP contribution in [0.4, 0.5) is 16.3 Å². The summed E-state index contributed by atoms with van der Waals surface area (Å²) in [6, 6.07) is 6.22. The SMILES string of the molecule is COc1cc(NS(C)(=O)=O)ccc1-n1nc(NC(=O)CN(C)C(=O)OC(C)(C)C)c2cnc(Cl)cc21. The van der Waals surface area contributed by atoms with Crippen LogP contribution in [0.3, 0.4) is 0 Å². The van der Waals surface area contributed by atoms with Crippen LogP contribution in [0.2, 0.25) is 5.15 Å². The Balaban J connectivity index is 1.95. The molecule has 12 nitrogen and oxygen atoms in total. The summed E-state index contributed by atoms with van der Waals surface area (Å²) in [5.74, 6) is -0.0230. The first kappa shape index (κ1) is 27.0. The number of hydrogen-bond acceptors (Lipinski definition) is 8. The van der Waals surface area contributed by atoms with E-state index in [1.165, 1.54) is 31.1 Å². The van der Waals surface area contributed by atoms with Gasteiger partial charge in [0.1, 0.15) is 28.7 Å². The van der Waals surface area contributed by atoms with Gasteiger partial charge in [-0.05, 0) is 32.9 Å². The summed E-state index contributed by atoms with van der Waals surface area (Å²) in [4.78, 5) is 30.1. The van der Waals surface area contributed by atoms with Gasteiger partial charge in [0.05, 0.1) is 30.0 Å². The number of aromatic nitrogens is 3. The van der Waals surface area contributed by atoms with E-state index in [0.29, 0.717) is 28.0 Å².